The SMILES string of the molecule is CC1(C(=O)Nc2c(Cl)cc(F)cc2Br)CCCCN1. The van der Waals surface area contributed by atoms with Crippen molar-refractivity contribution in [3.63, 3.8) is 0 Å². The van der Waals surface area contributed by atoms with Gasteiger partial charge in [0.2, 0.25) is 5.91 Å². The van der Waals surface area contributed by atoms with Gasteiger partial charge in [-0.2, -0.15) is 0 Å². The summed E-state index contributed by atoms with van der Waals surface area (Å²) in [5, 5.41) is 6.17. The molecule has 0 bridgehead atoms. The van der Waals surface area contributed by atoms with Gasteiger partial charge in [0.15, 0.2) is 0 Å². The molecule has 0 aromatic heterocycles. The lowest BCUT2D eigenvalue weighted by Gasteiger charge is -2.33. The molecule has 1 aliphatic rings. The lowest BCUT2D eigenvalue weighted by atomic mass is 9.90. The molecule has 2 rings (SSSR count). The molecule has 1 unspecified atom stereocenters. The highest BCUT2D eigenvalue weighted by Crippen LogP contribution is 2.33. The maximum absolute atomic E-state index is 13.1. The fourth-order valence-electron chi connectivity index (χ4n) is 2.16. The zero-order valence-corrected chi connectivity index (χ0v) is 12.9. The molecule has 0 aliphatic carbocycles. The lowest BCUT2D eigenvalue weighted by molar-refractivity contribution is -0.122. The average molecular weight is 350 g/mol. The first-order valence-corrected chi connectivity index (χ1v) is 7.30. The molecule has 19 heavy (non-hydrogen) atoms. The maximum atomic E-state index is 13.1. The van der Waals surface area contributed by atoms with Gasteiger partial charge in [-0.15, -0.1) is 0 Å². The molecule has 6 heteroatoms. The Morgan fingerprint density at radius 2 is 2.26 bits per heavy atom. The van der Waals surface area contributed by atoms with Crippen LogP contribution in [-0.4, -0.2) is 18.0 Å². The summed E-state index contributed by atoms with van der Waals surface area (Å²) in [5.41, 5.74) is -0.197. The topological polar surface area (TPSA) is 41.1 Å². The van der Waals surface area contributed by atoms with Gasteiger partial charge in [0.05, 0.1) is 16.2 Å². The maximum Gasteiger partial charge on any atom is 0.244 e. The number of rotatable bonds is 2. The van der Waals surface area contributed by atoms with Crippen molar-refractivity contribution < 1.29 is 9.18 Å². The van der Waals surface area contributed by atoms with Crippen LogP contribution in [0.4, 0.5) is 10.1 Å². The first-order valence-electron chi connectivity index (χ1n) is 6.13. The minimum Gasteiger partial charge on any atom is -0.322 e. The Balaban J connectivity index is 2.19. The van der Waals surface area contributed by atoms with Crippen molar-refractivity contribution in [1.29, 1.82) is 0 Å². The molecule has 104 valence electrons. The first-order chi connectivity index (χ1) is 8.92. The second kappa shape index (κ2) is 5.77. The summed E-state index contributed by atoms with van der Waals surface area (Å²) in [5.74, 6) is -0.599. The monoisotopic (exact) mass is 348 g/mol. The number of anilines is 1. The van der Waals surface area contributed by atoms with E-state index in [1.54, 1.807) is 0 Å². The minimum absolute atomic E-state index is 0.151. The van der Waals surface area contributed by atoms with Crippen molar-refractivity contribution in [2.45, 2.75) is 31.7 Å². The highest BCUT2D eigenvalue weighted by Gasteiger charge is 2.34. The van der Waals surface area contributed by atoms with Gasteiger partial charge >= 0.3 is 0 Å². The zero-order valence-electron chi connectivity index (χ0n) is 10.5. The number of piperidine rings is 1. The summed E-state index contributed by atoms with van der Waals surface area (Å²) in [4.78, 5) is 12.3. The van der Waals surface area contributed by atoms with Gasteiger partial charge in [-0.05, 0) is 60.8 Å². The number of nitrogens with one attached hydrogen (secondary N) is 2. The summed E-state index contributed by atoms with van der Waals surface area (Å²) in [6.07, 6.45) is 2.86. The number of hydrogen-bond donors (Lipinski definition) is 2. The van der Waals surface area contributed by atoms with Crippen LogP contribution in [0.2, 0.25) is 5.02 Å². The Morgan fingerprint density at radius 1 is 1.53 bits per heavy atom. The second-order valence-electron chi connectivity index (χ2n) is 4.91. The molecule has 0 saturated carbocycles. The Labute approximate surface area is 125 Å². The molecule has 2 N–H and O–H groups in total. The predicted molar refractivity (Wildman–Crippen MR) is 78.0 cm³/mol. The Kier molecular flexibility index (Phi) is 4.48. The third-order valence-electron chi connectivity index (χ3n) is 3.37. The van der Waals surface area contributed by atoms with E-state index < -0.39 is 11.4 Å². The van der Waals surface area contributed by atoms with Crippen LogP contribution in [-0.2, 0) is 4.79 Å². The van der Waals surface area contributed by atoms with E-state index in [2.05, 4.69) is 26.6 Å². The average Bonchev–Trinajstić information content (AvgIpc) is 2.34. The lowest BCUT2D eigenvalue weighted by Crippen LogP contribution is -2.54. The molecule has 1 amide bonds. The van der Waals surface area contributed by atoms with Gasteiger partial charge in [-0.1, -0.05) is 11.6 Å². The van der Waals surface area contributed by atoms with Gasteiger partial charge < -0.3 is 10.6 Å². The number of carbonyl (C=O) groups excluding carboxylic acids is 1. The predicted octanol–water partition coefficient (Wildman–Crippen LogP) is 3.71. The van der Waals surface area contributed by atoms with Gasteiger partial charge in [-0.25, -0.2) is 4.39 Å². The normalized spacial score (nSPS) is 23.2. The van der Waals surface area contributed by atoms with E-state index in [9.17, 15) is 9.18 Å². The van der Waals surface area contributed by atoms with E-state index >= 15 is 0 Å². The highest BCUT2D eigenvalue weighted by atomic mass is 79.9. The molecule has 0 radical (unpaired) electrons. The zero-order chi connectivity index (χ0) is 14.0. The summed E-state index contributed by atoms with van der Waals surface area (Å²) < 4.78 is 13.6. The highest BCUT2D eigenvalue weighted by molar-refractivity contribution is 9.10. The second-order valence-corrected chi connectivity index (χ2v) is 6.18. The molecule has 0 spiro atoms. The van der Waals surface area contributed by atoms with Crippen LogP contribution in [0.15, 0.2) is 16.6 Å². The van der Waals surface area contributed by atoms with E-state index in [-0.39, 0.29) is 10.9 Å². The van der Waals surface area contributed by atoms with Gasteiger partial charge in [0.25, 0.3) is 0 Å². The van der Waals surface area contributed by atoms with Crippen molar-refractivity contribution in [3.8, 4) is 0 Å². The number of hydrogen-bond acceptors (Lipinski definition) is 2. The van der Waals surface area contributed by atoms with Crippen molar-refractivity contribution >= 4 is 39.1 Å². The first kappa shape index (κ1) is 14.8. The fourth-order valence-corrected chi connectivity index (χ4v) is 3.06. The molecular weight excluding hydrogens is 335 g/mol. The summed E-state index contributed by atoms with van der Waals surface area (Å²) in [6, 6.07) is 2.46. The molecule has 1 atom stereocenters. The summed E-state index contributed by atoms with van der Waals surface area (Å²) in [7, 11) is 0. The fraction of sp³-hybridized carbons (Fsp3) is 0.462. The van der Waals surface area contributed by atoms with Crippen molar-refractivity contribution in [2.75, 3.05) is 11.9 Å². The standard InChI is InChI=1S/C13H15BrClFN2O/c1-13(4-2-3-5-17-13)12(19)18-11-9(14)6-8(16)7-10(11)15/h6-7,17H,2-5H2,1H3,(H,18,19). The van der Waals surface area contributed by atoms with Crippen LogP contribution in [0.3, 0.4) is 0 Å². The van der Waals surface area contributed by atoms with Gasteiger partial charge in [0.1, 0.15) is 5.82 Å². The molecule has 1 aromatic rings. The third kappa shape index (κ3) is 3.27. The quantitative estimate of drug-likeness (QED) is 0.854. The van der Waals surface area contributed by atoms with Crippen LogP contribution in [0.25, 0.3) is 0 Å². The largest absolute Gasteiger partial charge is 0.322 e. The molecular formula is C13H15BrClFN2O. The van der Waals surface area contributed by atoms with E-state index in [1.807, 2.05) is 6.92 Å². The third-order valence-corrected chi connectivity index (χ3v) is 4.29. The van der Waals surface area contributed by atoms with Crippen molar-refractivity contribution in [1.82, 2.24) is 5.32 Å². The van der Waals surface area contributed by atoms with E-state index in [0.29, 0.717) is 10.2 Å². The Hall–Kier alpha value is -0.650. The minimum atomic E-state index is -0.602. The Bertz CT molecular complexity index is 480. The number of halogens is 3. The summed E-state index contributed by atoms with van der Waals surface area (Å²) in [6.45, 7) is 2.69. The number of carbonyl (C=O) groups is 1. The van der Waals surface area contributed by atoms with Gasteiger partial charge in [-0.3, -0.25) is 4.79 Å². The summed E-state index contributed by atoms with van der Waals surface area (Å²) >= 11 is 9.17. The van der Waals surface area contributed by atoms with Crippen molar-refractivity contribution in [2.24, 2.45) is 0 Å². The molecule has 1 aromatic carbocycles. The molecule has 1 aliphatic heterocycles. The van der Waals surface area contributed by atoms with Gasteiger partial charge in [0, 0.05) is 4.47 Å². The molecule has 1 heterocycles. The van der Waals surface area contributed by atoms with E-state index in [1.165, 1.54) is 12.1 Å². The molecule has 3 nitrogen and oxygen atoms in total. The smallest absolute Gasteiger partial charge is 0.244 e. The van der Waals surface area contributed by atoms with Crippen LogP contribution in [0, 0.1) is 5.82 Å². The number of benzene rings is 1. The van der Waals surface area contributed by atoms with E-state index in [4.69, 9.17) is 11.6 Å². The van der Waals surface area contributed by atoms with Crippen LogP contribution >= 0.6 is 27.5 Å². The van der Waals surface area contributed by atoms with Crippen LogP contribution in [0.1, 0.15) is 26.2 Å². The Morgan fingerprint density at radius 3 is 2.84 bits per heavy atom. The molecule has 1 fully saturated rings. The van der Waals surface area contributed by atoms with Crippen molar-refractivity contribution in [3.05, 3.63) is 27.4 Å². The van der Waals surface area contributed by atoms with Crippen LogP contribution in [0.5, 0.6) is 0 Å². The van der Waals surface area contributed by atoms with E-state index in [0.717, 1.165) is 25.8 Å². The number of amides is 1. The molecule has 1 saturated heterocycles. The van der Waals surface area contributed by atoms with Crippen LogP contribution < -0.4 is 10.6 Å².